The average molecular weight is 382 g/mol. The molecule has 27 heavy (non-hydrogen) atoms. The van der Waals surface area contributed by atoms with Crippen LogP contribution in [0.5, 0.6) is 17.2 Å². The molecule has 3 aromatic rings. The highest BCUT2D eigenvalue weighted by Crippen LogP contribution is 2.45. The van der Waals surface area contributed by atoms with Crippen molar-refractivity contribution in [3.63, 3.8) is 0 Å². The Morgan fingerprint density at radius 3 is 2.19 bits per heavy atom. The van der Waals surface area contributed by atoms with Crippen molar-refractivity contribution in [2.24, 2.45) is 0 Å². The highest BCUT2D eigenvalue weighted by atomic mass is 32.1. The smallest absolute Gasteiger partial charge is 0.338 e. The molecule has 138 valence electrons. The number of thiophene rings is 1. The van der Waals surface area contributed by atoms with Gasteiger partial charge in [-0.15, -0.1) is 11.3 Å². The quantitative estimate of drug-likeness (QED) is 0.352. The lowest BCUT2D eigenvalue weighted by molar-refractivity contribution is -0.131. The summed E-state index contributed by atoms with van der Waals surface area (Å²) in [6, 6.07) is 8.98. The van der Waals surface area contributed by atoms with Crippen LogP contribution in [0.15, 0.2) is 54.6 Å². The van der Waals surface area contributed by atoms with Crippen molar-refractivity contribution in [1.82, 2.24) is 0 Å². The maximum Gasteiger partial charge on any atom is 0.338 e. The number of carbonyl (C=O) groups is 2. The fourth-order valence-corrected chi connectivity index (χ4v) is 3.74. The fourth-order valence-electron chi connectivity index (χ4n) is 2.50. The average Bonchev–Trinajstić information content (AvgIpc) is 2.98. The van der Waals surface area contributed by atoms with E-state index in [1.54, 1.807) is 32.0 Å². The molecule has 0 N–H and O–H groups in total. The molecule has 0 unspecified atom stereocenters. The summed E-state index contributed by atoms with van der Waals surface area (Å²) in [6.45, 7) is 10.3. The minimum atomic E-state index is -0.511. The van der Waals surface area contributed by atoms with E-state index in [0.29, 0.717) is 28.4 Å². The number of fused-ring (bicyclic) bond motifs is 3. The number of ether oxygens (including phenoxy) is 3. The number of hydrogen-bond donors (Lipinski definition) is 0. The van der Waals surface area contributed by atoms with Crippen LogP contribution in [-0.4, -0.2) is 19.0 Å². The third kappa shape index (κ3) is 3.57. The Bertz CT molecular complexity index is 1110. The number of carbonyl (C=O) groups excluding carboxylic acids is 2. The van der Waals surface area contributed by atoms with Gasteiger partial charge < -0.3 is 14.2 Å². The van der Waals surface area contributed by atoms with Crippen LogP contribution in [0.2, 0.25) is 0 Å². The van der Waals surface area contributed by atoms with Crippen molar-refractivity contribution in [3.8, 4) is 17.2 Å². The highest BCUT2D eigenvalue weighted by Gasteiger charge is 2.18. The van der Waals surface area contributed by atoms with Gasteiger partial charge in [0.25, 0.3) is 0 Å². The Balaban J connectivity index is 2.09. The molecule has 6 heteroatoms. The predicted octanol–water partition coefficient (Wildman–Crippen LogP) is 5.03. The number of rotatable bonds is 5. The van der Waals surface area contributed by atoms with Gasteiger partial charge in [0.2, 0.25) is 0 Å². The number of hydrogen-bond acceptors (Lipinski definition) is 6. The van der Waals surface area contributed by atoms with E-state index in [9.17, 15) is 9.59 Å². The highest BCUT2D eigenvalue weighted by molar-refractivity contribution is 7.26. The molecule has 0 atom stereocenters. The van der Waals surface area contributed by atoms with Crippen molar-refractivity contribution in [1.29, 1.82) is 0 Å². The van der Waals surface area contributed by atoms with E-state index < -0.39 is 11.9 Å². The minimum Gasteiger partial charge on any atom is -0.491 e. The van der Waals surface area contributed by atoms with Crippen LogP contribution in [0.3, 0.4) is 0 Å². The van der Waals surface area contributed by atoms with Gasteiger partial charge in [-0.05, 0) is 44.2 Å². The number of esters is 2. The van der Waals surface area contributed by atoms with E-state index in [1.807, 2.05) is 12.1 Å². The van der Waals surface area contributed by atoms with Crippen molar-refractivity contribution in [3.05, 3.63) is 54.6 Å². The van der Waals surface area contributed by atoms with Crippen molar-refractivity contribution >= 4 is 43.4 Å². The maximum absolute atomic E-state index is 11.9. The van der Waals surface area contributed by atoms with E-state index in [-0.39, 0.29) is 0 Å². The lowest BCUT2D eigenvalue weighted by Gasteiger charge is -2.09. The third-order valence-corrected chi connectivity index (χ3v) is 5.01. The standard InChI is InChI=1S/C21H18O5S/c1-11(2)20(22)25-13-6-7-14-15-8-9-16(26-21(23)12(3)4)18(24-5)19(15)27-17(14)10-13/h6-10H,1,3H2,2,4-5H3. The molecule has 0 aliphatic heterocycles. The Hall–Kier alpha value is -3.12. The molecule has 0 radical (unpaired) electrons. The monoisotopic (exact) mass is 382 g/mol. The third-order valence-electron chi connectivity index (χ3n) is 3.85. The van der Waals surface area contributed by atoms with Crippen LogP contribution in [0.25, 0.3) is 20.2 Å². The zero-order chi connectivity index (χ0) is 19.7. The molecule has 0 aliphatic carbocycles. The first-order valence-corrected chi connectivity index (χ1v) is 8.92. The van der Waals surface area contributed by atoms with Gasteiger partial charge in [-0.25, -0.2) is 9.59 Å². The number of benzene rings is 2. The first-order chi connectivity index (χ1) is 12.8. The van der Waals surface area contributed by atoms with Crippen molar-refractivity contribution < 1.29 is 23.8 Å². The summed E-state index contributed by atoms with van der Waals surface area (Å²) in [4.78, 5) is 23.6. The second-order valence-electron chi connectivity index (χ2n) is 6.07. The zero-order valence-corrected chi connectivity index (χ0v) is 16.1. The molecule has 0 amide bonds. The van der Waals surface area contributed by atoms with Gasteiger partial charge >= 0.3 is 11.9 Å². The molecule has 0 bridgehead atoms. The molecule has 2 aromatic carbocycles. The lowest BCUT2D eigenvalue weighted by atomic mass is 10.1. The zero-order valence-electron chi connectivity index (χ0n) is 15.3. The minimum absolute atomic E-state index is 0.303. The number of methoxy groups -OCH3 is 1. The van der Waals surface area contributed by atoms with Gasteiger partial charge in [-0.2, -0.15) is 0 Å². The molecular weight excluding hydrogens is 364 g/mol. The van der Waals surface area contributed by atoms with E-state index >= 15 is 0 Å². The Labute approximate surface area is 160 Å². The summed E-state index contributed by atoms with van der Waals surface area (Å²) in [5.41, 5.74) is 0.634. The van der Waals surface area contributed by atoms with Gasteiger partial charge in [-0.1, -0.05) is 13.2 Å². The summed E-state index contributed by atoms with van der Waals surface area (Å²) in [5.74, 6) is 0.266. The lowest BCUT2D eigenvalue weighted by Crippen LogP contribution is -2.08. The molecular formula is C21H18O5S. The van der Waals surface area contributed by atoms with Crippen LogP contribution in [0, 0.1) is 0 Å². The molecule has 0 fully saturated rings. The predicted molar refractivity (Wildman–Crippen MR) is 107 cm³/mol. The second-order valence-corrected chi connectivity index (χ2v) is 7.13. The summed E-state index contributed by atoms with van der Waals surface area (Å²) in [7, 11) is 1.53. The summed E-state index contributed by atoms with van der Waals surface area (Å²) >= 11 is 1.46. The Morgan fingerprint density at radius 1 is 0.926 bits per heavy atom. The van der Waals surface area contributed by atoms with Gasteiger partial charge in [0, 0.05) is 26.6 Å². The van der Waals surface area contributed by atoms with Gasteiger partial charge in [0.05, 0.1) is 11.8 Å². The van der Waals surface area contributed by atoms with Crippen LogP contribution < -0.4 is 14.2 Å². The molecule has 0 aliphatic rings. The maximum atomic E-state index is 11.9. The van der Waals surface area contributed by atoms with Crippen LogP contribution >= 0.6 is 11.3 Å². The van der Waals surface area contributed by atoms with Gasteiger partial charge in [-0.3, -0.25) is 0 Å². The van der Waals surface area contributed by atoms with Gasteiger partial charge in [0.15, 0.2) is 11.5 Å². The van der Waals surface area contributed by atoms with Crippen LogP contribution in [0.1, 0.15) is 13.8 Å². The largest absolute Gasteiger partial charge is 0.491 e. The molecule has 0 spiro atoms. The summed E-state index contributed by atoms with van der Waals surface area (Å²) in [6.07, 6.45) is 0. The summed E-state index contributed by atoms with van der Waals surface area (Å²) in [5, 5.41) is 1.95. The first-order valence-electron chi connectivity index (χ1n) is 8.10. The van der Waals surface area contributed by atoms with Crippen LogP contribution in [-0.2, 0) is 9.59 Å². The van der Waals surface area contributed by atoms with Crippen molar-refractivity contribution in [2.75, 3.05) is 7.11 Å². The Morgan fingerprint density at radius 2 is 1.56 bits per heavy atom. The van der Waals surface area contributed by atoms with E-state index in [0.717, 1.165) is 20.2 Å². The molecule has 0 saturated heterocycles. The normalized spacial score (nSPS) is 10.6. The molecule has 1 aromatic heterocycles. The molecule has 0 saturated carbocycles. The summed E-state index contributed by atoms with van der Waals surface area (Å²) < 4.78 is 17.9. The van der Waals surface area contributed by atoms with Crippen molar-refractivity contribution in [2.45, 2.75) is 13.8 Å². The Kier molecular flexibility index (Phi) is 5.01. The van der Waals surface area contributed by atoms with E-state index in [1.165, 1.54) is 18.4 Å². The topological polar surface area (TPSA) is 61.8 Å². The van der Waals surface area contributed by atoms with Gasteiger partial charge in [0.1, 0.15) is 5.75 Å². The SMILES string of the molecule is C=C(C)C(=O)Oc1ccc2c(c1)sc1c(OC)c(OC(=O)C(=C)C)ccc12. The molecule has 1 heterocycles. The van der Waals surface area contributed by atoms with E-state index in [2.05, 4.69) is 13.2 Å². The first kappa shape index (κ1) is 18.7. The molecule has 3 rings (SSSR count). The van der Waals surface area contributed by atoms with Crippen LogP contribution in [0.4, 0.5) is 0 Å². The van der Waals surface area contributed by atoms with E-state index in [4.69, 9.17) is 14.2 Å². The fraction of sp³-hybridized carbons (Fsp3) is 0.143. The molecule has 5 nitrogen and oxygen atoms in total. The second kappa shape index (κ2) is 7.25.